The lowest BCUT2D eigenvalue weighted by Crippen LogP contribution is -2.32. The lowest BCUT2D eigenvalue weighted by molar-refractivity contribution is 0.412. The van der Waals surface area contributed by atoms with E-state index in [-0.39, 0.29) is 5.75 Å². The zero-order valence-corrected chi connectivity index (χ0v) is 19.4. The number of aromatic hydroxyl groups is 1. The Labute approximate surface area is 196 Å². The van der Waals surface area contributed by atoms with Gasteiger partial charge < -0.3 is 14.9 Å². The van der Waals surface area contributed by atoms with E-state index >= 15 is 0 Å². The van der Waals surface area contributed by atoms with Crippen LogP contribution in [0.2, 0.25) is 0 Å². The molecule has 0 radical (unpaired) electrons. The quantitative estimate of drug-likeness (QED) is 0.400. The van der Waals surface area contributed by atoms with Crippen molar-refractivity contribution < 1.29 is 5.11 Å². The molecular formula is C28H30N4O. The van der Waals surface area contributed by atoms with Gasteiger partial charge in [-0.1, -0.05) is 36.4 Å². The second-order valence-electron chi connectivity index (χ2n) is 8.51. The van der Waals surface area contributed by atoms with Crippen LogP contribution in [0.3, 0.4) is 0 Å². The summed E-state index contributed by atoms with van der Waals surface area (Å²) >= 11 is 0. The smallest absolute Gasteiger partial charge is 0.130 e. The second-order valence-corrected chi connectivity index (χ2v) is 8.51. The number of hydrogen-bond acceptors (Lipinski definition) is 5. The van der Waals surface area contributed by atoms with Gasteiger partial charge in [0, 0.05) is 24.8 Å². The van der Waals surface area contributed by atoms with E-state index in [0.717, 1.165) is 52.5 Å². The molecule has 33 heavy (non-hydrogen) atoms. The first-order chi connectivity index (χ1) is 16.0. The van der Waals surface area contributed by atoms with Crippen LogP contribution in [0.1, 0.15) is 11.3 Å². The van der Waals surface area contributed by atoms with Crippen LogP contribution in [-0.4, -0.2) is 47.2 Å². The number of nitrogens with zero attached hydrogens (tertiary/aromatic N) is 4. The predicted molar refractivity (Wildman–Crippen MR) is 135 cm³/mol. The van der Waals surface area contributed by atoms with Crippen LogP contribution in [0.4, 0.5) is 5.82 Å². The summed E-state index contributed by atoms with van der Waals surface area (Å²) in [7, 11) is 4.16. The summed E-state index contributed by atoms with van der Waals surface area (Å²) < 4.78 is 0. The molecule has 4 aromatic rings. The highest BCUT2D eigenvalue weighted by atomic mass is 16.3. The third kappa shape index (κ3) is 5.76. The van der Waals surface area contributed by atoms with E-state index in [9.17, 15) is 5.11 Å². The number of likely N-dealkylation sites (N-methyl/N-ethyl adjacent to an activating group) is 1. The second kappa shape index (κ2) is 10.3. The fourth-order valence-electron chi connectivity index (χ4n) is 3.83. The van der Waals surface area contributed by atoms with E-state index in [1.54, 1.807) is 12.1 Å². The monoisotopic (exact) mass is 438 g/mol. The van der Waals surface area contributed by atoms with Gasteiger partial charge in [0.15, 0.2) is 0 Å². The Balaban J connectivity index is 1.82. The minimum Gasteiger partial charge on any atom is -0.508 e. The zero-order valence-electron chi connectivity index (χ0n) is 19.4. The number of rotatable bonds is 8. The topological polar surface area (TPSA) is 52.5 Å². The molecule has 2 aromatic carbocycles. The molecule has 2 aromatic heterocycles. The minimum absolute atomic E-state index is 0.262. The number of phenolic OH excluding ortho intramolecular Hbond substituents is 1. The number of hydrogen-bond donors (Lipinski definition) is 1. The fourth-order valence-corrected chi connectivity index (χ4v) is 3.83. The van der Waals surface area contributed by atoms with Gasteiger partial charge in [0.05, 0.1) is 17.9 Å². The highest BCUT2D eigenvalue weighted by Crippen LogP contribution is 2.32. The number of anilines is 1. The van der Waals surface area contributed by atoms with Gasteiger partial charge in [-0.15, -0.1) is 0 Å². The summed E-state index contributed by atoms with van der Waals surface area (Å²) in [6.07, 6.45) is 1.83. The van der Waals surface area contributed by atoms with Crippen molar-refractivity contribution in [3.63, 3.8) is 0 Å². The van der Waals surface area contributed by atoms with Crippen molar-refractivity contribution in [2.24, 2.45) is 0 Å². The molecule has 0 saturated heterocycles. The van der Waals surface area contributed by atoms with Gasteiger partial charge in [-0.3, -0.25) is 4.98 Å². The third-order valence-corrected chi connectivity index (χ3v) is 5.63. The summed E-state index contributed by atoms with van der Waals surface area (Å²) in [5.74, 6) is 1.17. The lowest BCUT2D eigenvalue weighted by Gasteiger charge is -2.26. The summed E-state index contributed by atoms with van der Waals surface area (Å²) in [5, 5.41) is 9.91. The number of pyridine rings is 2. The molecule has 5 nitrogen and oxygen atoms in total. The molecule has 1 N–H and O–H groups in total. The largest absolute Gasteiger partial charge is 0.508 e. The molecule has 0 aliphatic heterocycles. The normalized spacial score (nSPS) is 11.0. The van der Waals surface area contributed by atoms with Crippen LogP contribution >= 0.6 is 0 Å². The highest BCUT2D eigenvalue weighted by Gasteiger charge is 2.15. The lowest BCUT2D eigenvalue weighted by atomic mass is 10.00. The van der Waals surface area contributed by atoms with Crippen molar-refractivity contribution in [1.82, 2.24) is 14.9 Å². The molecular weight excluding hydrogens is 408 g/mol. The predicted octanol–water partition coefficient (Wildman–Crippen LogP) is 5.39. The fraction of sp³-hybridized carbons (Fsp3) is 0.214. The minimum atomic E-state index is 0.262. The molecule has 0 saturated carbocycles. The molecule has 2 heterocycles. The number of phenols is 1. The maximum atomic E-state index is 9.91. The summed E-state index contributed by atoms with van der Waals surface area (Å²) in [6, 6.07) is 26.1. The molecule has 0 amide bonds. The molecule has 0 fully saturated rings. The van der Waals surface area contributed by atoms with E-state index < -0.39 is 0 Å². The molecule has 0 spiro atoms. The molecule has 0 atom stereocenters. The summed E-state index contributed by atoms with van der Waals surface area (Å²) in [4.78, 5) is 14.1. The molecule has 0 aliphatic carbocycles. The highest BCUT2D eigenvalue weighted by molar-refractivity contribution is 5.75. The van der Waals surface area contributed by atoms with Crippen molar-refractivity contribution in [2.45, 2.75) is 13.5 Å². The SMILES string of the molecule is Cc1cc(O)ccc1-c1cc(-c2ccccc2)cc(N(CCN(C)C)Cc2ccccn2)n1. The Bertz CT molecular complexity index is 1190. The molecule has 0 aliphatic rings. The van der Waals surface area contributed by atoms with Gasteiger partial charge >= 0.3 is 0 Å². The van der Waals surface area contributed by atoms with Crippen molar-refractivity contribution in [1.29, 1.82) is 0 Å². The van der Waals surface area contributed by atoms with E-state index in [2.05, 4.69) is 71.3 Å². The maximum absolute atomic E-state index is 9.91. The Hall–Kier alpha value is -3.70. The van der Waals surface area contributed by atoms with Crippen LogP contribution < -0.4 is 4.90 Å². The van der Waals surface area contributed by atoms with Gasteiger partial charge in [0.2, 0.25) is 0 Å². The average molecular weight is 439 g/mol. The van der Waals surface area contributed by atoms with Gasteiger partial charge in [0.25, 0.3) is 0 Å². The Kier molecular flexibility index (Phi) is 7.01. The molecule has 4 rings (SSSR count). The van der Waals surface area contributed by atoms with Crippen LogP contribution in [0.5, 0.6) is 5.75 Å². The first kappa shape index (κ1) is 22.5. The van der Waals surface area contributed by atoms with Gasteiger partial charge in [0.1, 0.15) is 11.6 Å². The number of aryl methyl sites for hydroxylation is 1. The van der Waals surface area contributed by atoms with Crippen molar-refractivity contribution in [3.8, 4) is 28.1 Å². The molecule has 0 unspecified atom stereocenters. The van der Waals surface area contributed by atoms with E-state index in [0.29, 0.717) is 6.54 Å². The molecule has 5 heteroatoms. The molecule has 168 valence electrons. The van der Waals surface area contributed by atoms with Crippen LogP contribution in [0, 0.1) is 6.92 Å². The average Bonchev–Trinajstić information content (AvgIpc) is 2.82. The summed E-state index contributed by atoms with van der Waals surface area (Å²) in [6.45, 7) is 4.40. The standard InChI is InChI=1S/C28H30N4O/c1-21-17-25(33)12-13-26(21)27-18-23(22-9-5-4-6-10-22)19-28(30-27)32(16-15-31(2)3)20-24-11-7-8-14-29-24/h4-14,17-19,33H,15-16,20H2,1-3H3. The van der Waals surface area contributed by atoms with E-state index in [4.69, 9.17) is 4.98 Å². The third-order valence-electron chi connectivity index (χ3n) is 5.63. The zero-order chi connectivity index (χ0) is 23.2. The number of benzene rings is 2. The van der Waals surface area contributed by atoms with Crippen LogP contribution in [0.15, 0.2) is 85.1 Å². The van der Waals surface area contributed by atoms with Crippen LogP contribution in [0.25, 0.3) is 22.4 Å². The molecule has 0 bridgehead atoms. The van der Waals surface area contributed by atoms with Crippen molar-refractivity contribution >= 4 is 5.82 Å². The van der Waals surface area contributed by atoms with Gasteiger partial charge in [-0.2, -0.15) is 0 Å². The first-order valence-corrected chi connectivity index (χ1v) is 11.2. The van der Waals surface area contributed by atoms with Gasteiger partial charge in [-0.05, 0) is 80.2 Å². The van der Waals surface area contributed by atoms with E-state index in [1.807, 2.05) is 37.4 Å². The Morgan fingerprint density at radius 3 is 2.30 bits per heavy atom. The number of aromatic nitrogens is 2. The van der Waals surface area contributed by atoms with Crippen molar-refractivity contribution in [2.75, 3.05) is 32.1 Å². The summed E-state index contributed by atoms with van der Waals surface area (Å²) in [5.41, 5.74) is 6.15. The van der Waals surface area contributed by atoms with E-state index in [1.165, 1.54) is 0 Å². The Morgan fingerprint density at radius 2 is 1.61 bits per heavy atom. The Morgan fingerprint density at radius 1 is 0.818 bits per heavy atom. The first-order valence-electron chi connectivity index (χ1n) is 11.2. The van der Waals surface area contributed by atoms with Gasteiger partial charge in [-0.25, -0.2) is 4.98 Å². The van der Waals surface area contributed by atoms with Crippen LogP contribution in [-0.2, 0) is 6.54 Å². The van der Waals surface area contributed by atoms with Crippen molar-refractivity contribution in [3.05, 3.63) is 96.3 Å². The maximum Gasteiger partial charge on any atom is 0.130 e.